The number of nitrogens with zero attached hydrogens (tertiary/aromatic N) is 2. The van der Waals surface area contributed by atoms with Crippen LogP contribution in [-0.4, -0.2) is 19.9 Å². The van der Waals surface area contributed by atoms with Gasteiger partial charge >= 0.3 is 0 Å². The van der Waals surface area contributed by atoms with Gasteiger partial charge in [-0.15, -0.1) is 0 Å². The average molecular weight is 302 g/mol. The fraction of sp³-hybridized carbons (Fsp3) is 0.143. The molecule has 0 aliphatic carbocycles. The van der Waals surface area contributed by atoms with E-state index in [9.17, 15) is 8.42 Å². The van der Waals surface area contributed by atoms with Crippen LogP contribution in [0.2, 0.25) is 0 Å². The van der Waals surface area contributed by atoms with Crippen molar-refractivity contribution in [2.45, 2.75) is 11.3 Å². The number of sulfonamides is 1. The second-order valence-corrected chi connectivity index (χ2v) is 6.10. The summed E-state index contributed by atoms with van der Waals surface area (Å²) in [6.07, 6.45) is 3.86. The fourth-order valence-corrected chi connectivity index (χ4v) is 2.96. The lowest BCUT2D eigenvalue weighted by molar-refractivity contribution is 0.582. The molecule has 108 valence electrons. The SMILES string of the molecule is N#Cc1ccc(S(=O)(=O)NCCc2ccncc2)c(N)c1. The van der Waals surface area contributed by atoms with E-state index in [1.54, 1.807) is 12.4 Å². The molecule has 2 rings (SSSR count). The first-order valence-electron chi connectivity index (χ1n) is 6.21. The Morgan fingerprint density at radius 2 is 1.95 bits per heavy atom. The number of hydrogen-bond donors (Lipinski definition) is 2. The van der Waals surface area contributed by atoms with Gasteiger partial charge in [-0.05, 0) is 42.3 Å². The molecule has 3 N–H and O–H groups in total. The molecular weight excluding hydrogens is 288 g/mol. The summed E-state index contributed by atoms with van der Waals surface area (Å²) in [7, 11) is -3.69. The van der Waals surface area contributed by atoms with E-state index in [0.717, 1.165) is 5.56 Å². The van der Waals surface area contributed by atoms with Crippen LogP contribution >= 0.6 is 0 Å². The molecule has 2 aromatic rings. The fourth-order valence-electron chi connectivity index (χ4n) is 1.82. The van der Waals surface area contributed by atoms with Gasteiger partial charge in [0.1, 0.15) is 4.90 Å². The summed E-state index contributed by atoms with van der Waals surface area (Å²) in [5.74, 6) is 0. The Hall–Kier alpha value is -2.43. The maximum Gasteiger partial charge on any atom is 0.242 e. The summed E-state index contributed by atoms with van der Waals surface area (Å²) in [6.45, 7) is 0.256. The first-order chi connectivity index (χ1) is 10.0. The number of nitrogen functional groups attached to an aromatic ring is 1. The summed E-state index contributed by atoms with van der Waals surface area (Å²) in [4.78, 5) is 3.88. The van der Waals surface area contributed by atoms with E-state index in [-0.39, 0.29) is 17.1 Å². The maximum atomic E-state index is 12.2. The molecule has 0 saturated heterocycles. The van der Waals surface area contributed by atoms with Gasteiger partial charge in [-0.1, -0.05) is 0 Å². The average Bonchev–Trinajstić information content (AvgIpc) is 2.47. The minimum absolute atomic E-state index is 0.0174. The molecular formula is C14H14N4O2S. The van der Waals surface area contributed by atoms with Crippen LogP contribution in [0.1, 0.15) is 11.1 Å². The van der Waals surface area contributed by atoms with Crippen LogP contribution in [0.4, 0.5) is 5.69 Å². The van der Waals surface area contributed by atoms with Gasteiger partial charge in [0.2, 0.25) is 10.0 Å². The molecule has 0 saturated carbocycles. The van der Waals surface area contributed by atoms with Gasteiger partial charge in [0.15, 0.2) is 0 Å². The molecule has 1 aromatic heterocycles. The predicted molar refractivity (Wildman–Crippen MR) is 78.7 cm³/mol. The molecule has 0 atom stereocenters. The molecule has 0 bridgehead atoms. The highest BCUT2D eigenvalue weighted by Crippen LogP contribution is 2.19. The smallest absolute Gasteiger partial charge is 0.242 e. The van der Waals surface area contributed by atoms with Crippen molar-refractivity contribution in [1.29, 1.82) is 5.26 Å². The Bertz CT molecular complexity index is 767. The van der Waals surface area contributed by atoms with E-state index < -0.39 is 10.0 Å². The van der Waals surface area contributed by atoms with E-state index in [4.69, 9.17) is 11.0 Å². The standard InChI is InChI=1S/C14H14N4O2S/c15-10-12-1-2-14(13(16)9-12)21(19,20)18-8-5-11-3-6-17-7-4-11/h1-4,6-7,9,18H,5,8,16H2. The molecule has 6 nitrogen and oxygen atoms in total. The zero-order valence-corrected chi connectivity index (χ0v) is 12.0. The molecule has 0 aliphatic rings. The van der Waals surface area contributed by atoms with Crippen LogP contribution in [0.3, 0.4) is 0 Å². The molecule has 0 amide bonds. The van der Waals surface area contributed by atoms with Gasteiger partial charge in [0.05, 0.1) is 17.3 Å². The largest absolute Gasteiger partial charge is 0.398 e. The number of hydrogen-bond acceptors (Lipinski definition) is 5. The lowest BCUT2D eigenvalue weighted by Crippen LogP contribution is -2.26. The van der Waals surface area contributed by atoms with Crippen LogP contribution in [0.25, 0.3) is 0 Å². The van der Waals surface area contributed by atoms with E-state index in [1.807, 2.05) is 18.2 Å². The van der Waals surface area contributed by atoms with Crippen molar-refractivity contribution in [3.05, 3.63) is 53.9 Å². The Morgan fingerprint density at radius 1 is 1.24 bits per heavy atom. The first-order valence-corrected chi connectivity index (χ1v) is 7.69. The third kappa shape index (κ3) is 3.78. The van der Waals surface area contributed by atoms with Crippen LogP contribution < -0.4 is 10.5 Å². The Kier molecular flexibility index (Phi) is 4.52. The van der Waals surface area contributed by atoms with E-state index in [1.165, 1.54) is 18.2 Å². The minimum Gasteiger partial charge on any atom is -0.398 e. The number of nitrogens with one attached hydrogen (secondary N) is 1. The number of anilines is 1. The van der Waals surface area contributed by atoms with Crippen LogP contribution in [0, 0.1) is 11.3 Å². The van der Waals surface area contributed by atoms with Gasteiger partial charge in [0.25, 0.3) is 0 Å². The minimum atomic E-state index is -3.69. The van der Waals surface area contributed by atoms with E-state index in [0.29, 0.717) is 12.0 Å². The normalized spacial score (nSPS) is 11.0. The third-order valence-corrected chi connectivity index (χ3v) is 4.42. The predicted octanol–water partition coefficient (Wildman–Crippen LogP) is 1.06. The molecule has 7 heteroatoms. The number of nitrogens with two attached hydrogens (primary N) is 1. The van der Waals surface area contributed by atoms with Crippen molar-refractivity contribution in [2.24, 2.45) is 0 Å². The molecule has 0 radical (unpaired) electrons. The number of benzene rings is 1. The van der Waals surface area contributed by atoms with Gasteiger partial charge in [-0.2, -0.15) is 5.26 Å². The molecule has 0 aliphatic heterocycles. The van der Waals surface area contributed by atoms with E-state index >= 15 is 0 Å². The van der Waals surface area contributed by atoms with Crippen LogP contribution in [-0.2, 0) is 16.4 Å². The highest BCUT2D eigenvalue weighted by atomic mass is 32.2. The van der Waals surface area contributed by atoms with Crippen molar-refractivity contribution in [3.8, 4) is 6.07 Å². The summed E-state index contributed by atoms with van der Waals surface area (Å²) >= 11 is 0. The van der Waals surface area contributed by atoms with Crippen molar-refractivity contribution < 1.29 is 8.42 Å². The quantitative estimate of drug-likeness (QED) is 0.803. The molecule has 0 fully saturated rings. The highest BCUT2D eigenvalue weighted by Gasteiger charge is 2.17. The zero-order valence-electron chi connectivity index (χ0n) is 11.2. The molecule has 0 unspecified atom stereocenters. The zero-order chi connectivity index (χ0) is 15.3. The molecule has 1 heterocycles. The van der Waals surface area contributed by atoms with Crippen molar-refractivity contribution in [1.82, 2.24) is 9.71 Å². The van der Waals surface area contributed by atoms with Gasteiger partial charge in [-0.25, -0.2) is 13.1 Å². The lowest BCUT2D eigenvalue weighted by Gasteiger charge is -2.09. The topological polar surface area (TPSA) is 109 Å². The van der Waals surface area contributed by atoms with Crippen LogP contribution in [0.15, 0.2) is 47.6 Å². The van der Waals surface area contributed by atoms with Crippen molar-refractivity contribution >= 4 is 15.7 Å². The third-order valence-electron chi connectivity index (χ3n) is 2.88. The van der Waals surface area contributed by atoms with Crippen molar-refractivity contribution in [3.63, 3.8) is 0 Å². The monoisotopic (exact) mass is 302 g/mol. The number of rotatable bonds is 5. The molecule has 21 heavy (non-hydrogen) atoms. The number of nitriles is 1. The Labute approximate surface area is 123 Å². The maximum absolute atomic E-state index is 12.2. The molecule has 0 spiro atoms. The van der Waals surface area contributed by atoms with Crippen LogP contribution in [0.5, 0.6) is 0 Å². The van der Waals surface area contributed by atoms with Crippen molar-refractivity contribution in [2.75, 3.05) is 12.3 Å². The summed E-state index contributed by atoms with van der Waals surface area (Å²) < 4.78 is 26.8. The summed E-state index contributed by atoms with van der Waals surface area (Å²) in [5, 5.41) is 8.75. The van der Waals surface area contributed by atoms with E-state index in [2.05, 4.69) is 9.71 Å². The number of pyridine rings is 1. The second kappa shape index (κ2) is 6.35. The summed E-state index contributed by atoms with van der Waals surface area (Å²) in [6, 6.07) is 9.66. The highest BCUT2D eigenvalue weighted by molar-refractivity contribution is 7.89. The Balaban J connectivity index is 2.07. The summed E-state index contributed by atoms with van der Waals surface area (Å²) in [5.41, 5.74) is 7.06. The van der Waals surface area contributed by atoms with Gasteiger partial charge < -0.3 is 5.73 Å². The first kappa shape index (κ1) is 15.0. The Morgan fingerprint density at radius 3 is 2.57 bits per heavy atom. The number of aromatic nitrogens is 1. The van der Waals surface area contributed by atoms with Gasteiger partial charge in [0, 0.05) is 18.9 Å². The second-order valence-electron chi connectivity index (χ2n) is 4.37. The molecule has 1 aromatic carbocycles. The van der Waals surface area contributed by atoms with Gasteiger partial charge in [-0.3, -0.25) is 4.98 Å². The lowest BCUT2D eigenvalue weighted by atomic mass is 10.2.